The van der Waals surface area contributed by atoms with Gasteiger partial charge in [-0.3, -0.25) is 9.78 Å². The Morgan fingerprint density at radius 1 is 1.21 bits per heavy atom. The van der Waals surface area contributed by atoms with Crippen LogP contribution >= 0.6 is 11.8 Å². The number of aliphatic imine (C=N–C) groups is 1. The predicted octanol–water partition coefficient (Wildman–Crippen LogP) is 3.93. The van der Waals surface area contributed by atoms with Gasteiger partial charge in [-0.05, 0) is 41.2 Å². The van der Waals surface area contributed by atoms with E-state index >= 15 is 0 Å². The molecule has 1 atom stereocenters. The third kappa shape index (κ3) is 4.84. The monoisotopic (exact) mass is 478 g/mol. The predicted molar refractivity (Wildman–Crippen MR) is 131 cm³/mol. The minimum absolute atomic E-state index is 0.133. The maximum atomic E-state index is 12.9. The number of amides is 1. The van der Waals surface area contributed by atoms with Crippen LogP contribution in [0.1, 0.15) is 36.9 Å². The zero-order valence-electron chi connectivity index (χ0n) is 19.3. The number of aromatic nitrogens is 1. The number of fused-ring (bicyclic) bond motifs is 1. The maximum Gasteiger partial charge on any atom is 0.338 e. The molecule has 1 N–H and O–H groups in total. The van der Waals surface area contributed by atoms with E-state index in [4.69, 9.17) is 14.5 Å². The number of carbonyl (C=O) groups is 2. The van der Waals surface area contributed by atoms with Crippen molar-refractivity contribution in [1.82, 2.24) is 15.2 Å². The number of hydrogen-bond acceptors (Lipinski definition) is 8. The topological polar surface area (TPSA) is 93.1 Å². The van der Waals surface area contributed by atoms with Gasteiger partial charge in [0.05, 0.1) is 38.0 Å². The Labute approximate surface area is 202 Å². The zero-order valence-corrected chi connectivity index (χ0v) is 20.1. The van der Waals surface area contributed by atoms with E-state index in [1.165, 1.54) is 18.9 Å². The highest BCUT2D eigenvalue weighted by atomic mass is 32.2. The van der Waals surface area contributed by atoms with Gasteiger partial charge in [0.2, 0.25) is 5.91 Å². The molecule has 3 heterocycles. The van der Waals surface area contributed by atoms with E-state index in [1.54, 1.807) is 19.5 Å². The third-order valence-corrected chi connectivity index (χ3v) is 6.48. The Morgan fingerprint density at radius 3 is 2.76 bits per heavy atom. The Hall–Kier alpha value is -3.59. The highest BCUT2D eigenvalue weighted by molar-refractivity contribution is 8.16. The molecule has 0 spiro atoms. The molecule has 9 heteroatoms. The molecule has 0 aliphatic carbocycles. The Balaban J connectivity index is 1.65. The van der Waals surface area contributed by atoms with Gasteiger partial charge in [-0.15, -0.1) is 0 Å². The second-order valence-corrected chi connectivity index (χ2v) is 8.53. The molecule has 4 rings (SSSR count). The lowest BCUT2D eigenvalue weighted by Crippen LogP contribution is -2.38. The normalized spacial score (nSPS) is 17.0. The summed E-state index contributed by atoms with van der Waals surface area (Å²) in [5.74, 6) is 0.103. The fourth-order valence-corrected chi connectivity index (χ4v) is 4.91. The molecule has 0 saturated heterocycles. The lowest BCUT2D eigenvalue weighted by molar-refractivity contribution is -0.136. The molecule has 176 valence electrons. The standard InChI is InChI=1S/C25H26N4O4S/c1-4-20-22(24(31)33-3)23(17-8-5-9-19(11-17)32-2)29-18(15-34-25(29)28-20)12-21(30)27-14-16-7-6-10-26-13-16/h5-11,13,15,23H,4,12,14H2,1-3H3,(H,27,30). The first-order valence-corrected chi connectivity index (χ1v) is 11.8. The van der Waals surface area contributed by atoms with Crippen LogP contribution in [0, 0.1) is 0 Å². The maximum absolute atomic E-state index is 12.9. The van der Waals surface area contributed by atoms with Crippen LogP contribution in [0.4, 0.5) is 0 Å². The minimum Gasteiger partial charge on any atom is -0.497 e. The largest absolute Gasteiger partial charge is 0.497 e. The fraction of sp³-hybridized carbons (Fsp3) is 0.280. The van der Waals surface area contributed by atoms with Crippen molar-refractivity contribution in [1.29, 1.82) is 0 Å². The van der Waals surface area contributed by atoms with Gasteiger partial charge in [0, 0.05) is 24.6 Å². The summed E-state index contributed by atoms with van der Waals surface area (Å²) in [5, 5.41) is 5.59. The first-order chi connectivity index (χ1) is 16.5. The number of pyridine rings is 1. The van der Waals surface area contributed by atoms with Crippen molar-refractivity contribution in [3.63, 3.8) is 0 Å². The van der Waals surface area contributed by atoms with E-state index in [1.807, 2.05) is 53.6 Å². The van der Waals surface area contributed by atoms with Gasteiger partial charge >= 0.3 is 5.97 Å². The number of esters is 1. The molecule has 2 aliphatic rings. The summed E-state index contributed by atoms with van der Waals surface area (Å²) in [6.07, 6.45) is 4.13. The quantitative estimate of drug-likeness (QED) is 0.575. The summed E-state index contributed by atoms with van der Waals surface area (Å²) in [6.45, 7) is 2.35. The van der Waals surface area contributed by atoms with E-state index in [2.05, 4.69) is 10.3 Å². The van der Waals surface area contributed by atoms with Gasteiger partial charge in [-0.25, -0.2) is 9.79 Å². The van der Waals surface area contributed by atoms with Crippen LogP contribution in [0.25, 0.3) is 0 Å². The number of nitrogens with one attached hydrogen (secondary N) is 1. The molecule has 2 aliphatic heterocycles. The molecule has 0 bridgehead atoms. The SMILES string of the molecule is CCC1=C(C(=O)OC)C(c2cccc(OC)c2)N2C(CC(=O)NCc3cccnc3)=CSC2=N1. The van der Waals surface area contributed by atoms with E-state index in [-0.39, 0.29) is 12.3 Å². The third-order valence-electron chi connectivity index (χ3n) is 5.59. The molecule has 8 nitrogen and oxygen atoms in total. The van der Waals surface area contributed by atoms with Crippen molar-refractivity contribution in [3.05, 3.63) is 82.3 Å². The van der Waals surface area contributed by atoms with Gasteiger partial charge in [0.15, 0.2) is 5.17 Å². The lowest BCUT2D eigenvalue weighted by atomic mass is 9.92. The van der Waals surface area contributed by atoms with Crippen molar-refractivity contribution >= 4 is 28.8 Å². The van der Waals surface area contributed by atoms with Gasteiger partial charge in [0.1, 0.15) is 5.75 Å². The number of rotatable bonds is 8. The van der Waals surface area contributed by atoms with E-state index < -0.39 is 12.0 Å². The fourth-order valence-electron chi connectivity index (χ4n) is 3.97. The second-order valence-electron chi connectivity index (χ2n) is 7.69. The van der Waals surface area contributed by atoms with Crippen LogP contribution < -0.4 is 10.1 Å². The summed E-state index contributed by atoms with van der Waals surface area (Å²) in [7, 11) is 2.97. The first-order valence-electron chi connectivity index (χ1n) is 10.9. The number of nitrogens with zero attached hydrogens (tertiary/aromatic N) is 3. The number of allylic oxidation sites excluding steroid dienone is 1. The number of carbonyl (C=O) groups excluding carboxylic acids is 2. The summed E-state index contributed by atoms with van der Waals surface area (Å²) in [4.78, 5) is 36.5. The highest BCUT2D eigenvalue weighted by Crippen LogP contribution is 2.45. The number of ether oxygens (including phenoxy) is 2. The molecular formula is C25H26N4O4S. The molecule has 1 amide bonds. The summed E-state index contributed by atoms with van der Waals surface area (Å²) < 4.78 is 10.6. The summed E-state index contributed by atoms with van der Waals surface area (Å²) in [6, 6.07) is 10.8. The Morgan fingerprint density at radius 2 is 2.06 bits per heavy atom. The Bertz CT molecular complexity index is 1180. The molecule has 0 radical (unpaired) electrons. The molecule has 0 saturated carbocycles. The molecule has 34 heavy (non-hydrogen) atoms. The second kappa shape index (κ2) is 10.6. The highest BCUT2D eigenvalue weighted by Gasteiger charge is 2.41. The summed E-state index contributed by atoms with van der Waals surface area (Å²) >= 11 is 1.45. The van der Waals surface area contributed by atoms with Gasteiger partial charge < -0.3 is 19.7 Å². The van der Waals surface area contributed by atoms with Crippen LogP contribution in [0.15, 0.2) is 76.2 Å². The van der Waals surface area contributed by atoms with E-state index in [0.717, 1.165) is 22.0 Å². The van der Waals surface area contributed by atoms with Crippen molar-refractivity contribution in [2.75, 3.05) is 14.2 Å². The molecule has 2 aromatic rings. The molecular weight excluding hydrogens is 452 g/mol. The van der Waals surface area contributed by atoms with Crippen LogP contribution in [-0.2, 0) is 20.9 Å². The smallest absolute Gasteiger partial charge is 0.338 e. The lowest BCUT2D eigenvalue weighted by Gasteiger charge is -2.36. The van der Waals surface area contributed by atoms with Crippen molar-refractivity contribution in [2.24, 2.45) is 4.99 Å². The molecule has 1 aromatic carbocycles. The van der Waals surface area contributed by atoms with E-state index in [0.29, 0.717) is 30.0 Å². The number of methoxy groups -OCH3 is 2. The molecule has 0 fully saturated rings. The number of hydrogen-bond donors (Lipinski definition) is 1. The van der Waals surface area contributed by atoms with Gasteiger partial charge in [-0.2, -0.15) is 0 Å². The first kappa shape index (κ1) is 23.6. The van der Waals surface area contributed by atoms with Crippen molar-refractivity contribution < 1.29 is 19.1 Å². The van der Waals surface area contributed by atoms with Crippen molar-refractivity contribution in [3.8, 4) is 5.75 Å². The van der Waals surface area contributed by atoms with Gasteiger partial charge in [-0.1, -0.05) is 36.9 Å². The number of benzene rings is 1. The van der Waals surface area contributed by atoms with Crippen LogP contribution in [-0.4, -0.2) is 41.1 Å². The summed E-state index contributed by atoms with van der Waals surface area (Å²) in [5.41, 5.74) is 3.67. The van der Waals surface area contributed by atoms with Crippen molar-refractivity contribution in [2.45, 2.75) is 32.4 Å². The molecule has 1 unspecified atom stereocenters. The average molecular weight is 479 g/mol. The molecule has 1 aromatic heterocycles. The number of thioether (sulfide) groups is 1. The number of amidine groups is 1. The minimum atomic E-state index is -0.489. The Kier molecular flexibility index (Phi) is 7.32. The van der Waals surface area contributed by atoms with Crippen LogP contribution in [0.3, 0.4) is 0 Å². The van der Waals surface area contributed by atoms with Crippen LogP contribution in [0.2, 0.25) is 0 Å². The van der Waals surface area contributed by atoms with E-state index in [9.17, 15) is 9.59 Å². The van der Waals surface area contributed by atoms with Gasteiger partial charge in [0.25, 0.3) is 0 Å². The van der Waals surface area contributed by atoms with Crippen LogP contribution in [0.5, 0.6) is 5.75 Å². The average Bonchev–Trinajstić information content (AvgIpc) is 3.28. The zero-order chi connectivity index (χ0) is 24.1.